The molecule has 2 heterocycles. The second-order valence-electron chi connectivity index (χ2n) is 10.1. The van der Waals surface area contributed by atoms with Crippen LogP contribution in [0.3, 0.4) is 0 Å². The minimum atomic E-state index is -3.85. The molecule has 40 heavy (non-hydrogen) atoms. The molecule has 11 heteroatoms. The van der Waals surface area contributed by atoms with Crippen molar-refractivity contribution in [2.24, 2.45) is 0 Å². The Morgan fingerprint density at radius 1 is 1.00 bits per heavy atom. The number of carbonyl (C=O) groups is 2. The second-order valence-corrected chi connectivity index (χ2v) is 12.0. The van der Waals surface area contributed by atoms with Crippen LogP contribution in [-0.4, -0.2) is 48.2 Å². The summed E-state index contributed by atoms with van der Waals surface area (Å²) in [5.74, 6) is 0.310. The monoisotopic (exact) mass is 565 g/mol. The van der Waals surface area contributed by atoms with Crippen molar-refractivity contribution >= 4 is 33.1 Å². The van der Waals surface area contributed by atoms with Gasteiger partial charge in [-0.15, -0.1) is 0 Å². The van der Waals surface area contributed by atoms with Gasteiger partial charge in [0.1, 0.15) is 23.1 Å². The third kappa shape index (κ3) is 6.60. The first kappa shape index (κ1) is 28.6. The molecule has 2 aromatic carbocycles. The molecule has 0 spiro atoms. The molecule has 0 saturated heterocycles. The molecule has 1 amide bonds. The van der Waals surface area contributed by atoms with Gasteiger partial charge in [0.25, 0.3) is 10.0 Å². The van der Waals surface area contributed by atoms with Gasteiger partial charge in [0.15, 0.2) is 5.65 Å². The number of esters is 1. The molecule has 0 aliphatic rings. The predicted molar refractivity (Wildman–Crippen MR) is 149 cm³/mol. The lowest BCUT2D eigenvalue weighted by Crippen LogP contribution is -2.45. The minimum Gasteiger partial charge on any atom is -0.467 e. The van der Waals surface area contributed by atoms with Crippen molar-refractivity contribution in [3.63, 3.8) is 0 Å². The maximum Gasteiger partial charge on any atom is 0.408 e. The van der Waals surface area contributed by atoms with Gasteiger partial charge < -0.3 is 19.5 Å². The highest BCUT2D eigenvalue weighted by Gasteiger charge is 2.25. The molecule has 0 saturated carbocycles. The van der Waals surface area contributed by atoms with Crippen molar-refractivity contribution in [2.75, 3.05) is 7.11 Å². The Balaban J connectivity index is 1.52. The molecule has 210 valence electrons. The van der Waals surface area contributed by atoms with Gasteiger partial charge in [0.05, 0.1) is 17.4 Å². The molecule has 0 radical (unpaired) electrons. The van der Waals surface area contributed by atoms with Gasteiger partial charge >= 0.3 is 12.1 Å². The van der Waals surface area contributed by atoms with Crippen LogP contribution in [0.4, 0.5) is 4.79 Å². The van der Waals surface area contributed by atoms with Crippen molar-refractivity contribution < 1.29 is 32.2 Å². The van der Waals surface area contributed by atoms with Gasteiger partial charge in [0, 0.05) is 18.8 Å². The number of hydrogen-bond donors (Lipinski definition) is 1. The summed E-state index contributed by atoms with van der Waals surface area (Å²) in [6.07, 6.45) is 2.39. The molecule has 0 fully saturated rings. The lowest BCUT2D eigenvalue weighted by molar-refractivity contribution is -0.143. The highest BCUT2D eigenvalue weighted by molar-refractivity contribution is 7.90. The van der Waals surface area contributed by atoms with Crippen molar-refractivity contribution in [3.05, 3.63) is 84.2 Å². The lowest BCUT2D eigenvalue weighted by Gasteiger charge is -2.22. The number of pyridine rings is 1. The number of fused-ring (bicyclic) bond motifs is 1. The number of aryl methyl sites for hydroxylation is 1. The zero-order valence-electron chi connectivity index (χ0n) is 22.9. The van der Waals surface area contributed by atoms with Crippen LogP contribution in [0.5, 0.6) is 11.5 Å². The smallest absolute Gasteiger partial charge is 0.408 e. The number of methoxy groups -OCH3 is 1. The first-order chi connectivity index (χ1) is 18.9. The molecule has 0 aliphatic heterocycles. The zero-order valence-corrected chi connectivity index (χ0v) is 23.7. The number of alkyl carbamates (subject to hydrolysis) is 1. The molecule has 4 rings (SSSR count). The zero-order chi connectivity index (χ0) is 29.1. The SMILES string of the molecule is COC(=O)C(Cc1ccc(Oc2ccnc3c2ccn3S(=O)(=O)c2ccc(C)cc2)cc1)NC(=O)OC(C)(C)C. The molecular formula is C29H31N3O7S. The Labute approximate surface area is 232 Å². The summed E-state index contributed by atoms with van der Waals surface area (Å²) in [4.78, 5) is 28.9. The van der Waals surface area contributed by atoms with E-state index >= 15 is 0 Å². The Morgan fingerprint density at radius 2 is 1.68 bits per heavy atom. The molecule has 1 N–H and O–H groups in total. The van der Waals surface area contributed by atoms with Gasteiger partial charge in [-0.05, 0) is 69.7 Å². The van der Waals surface area contributed by atoms with E-state index in [9.17, 15) is 18.0 Å². The van der Waals surface area contributed by atoms with Crippen LogP contribution in [0.2, 0.25) is 0 Å². The molecule has 0 aliphatic carbocycles. The maximum absolute atomic E-state index is 13.2. The van der Waals surface area contributed by atoms with Crippen LogP contribution >= 0.6 is 0 Å². The van der Waals surface area contributed by atoms with Gasteiger partial charge in [-0.2, -0.15) is 0 Å². The van der Waals surface area contributed by atoms with E-state index in [0.29, 0.717) is 16.9 Å². The topological polar surface area (TPSA) is 126 Å². The fourth-order valence-electron chi connectivity index (χ4n) is 3.94. The van der Waals surface area contributed by atoms with Crippen molar-refractivity contribution in [1.82, 2.24) is 14.3 Å². The minimum absolute atomic E-state index is 0.158. The highest BCUT2D eigenvalue weighted by atomic mass is 32.2. The Hall–Kier alpha value is -4.38. The highest BCUT2D eigenvalue weighted by Crippen LogP contribution is 2.31. The molecule has 0 bridgehead atoms. The van der Waals surface area contributed by atoms with Crippen molar-refractivity contribution in [2.45, 2.75) is 50.7 Å². The number of carbonyl (C=O) groups excluding carboxylic acids is 2. The number of amides is 1. The normalized spacial score (nSPS) is 12.5. The molecule has 4 aromatic rings. The van der Waals surface area contributed by atoms with Gasteiger partial charge in [-0.25, -0.2) is 27.0 Å². The third-order valence-corrected chi connectivity index (χ3v) is 7.54. The molecular weight excluding hydrogens is 534 g/mol. The number of nitrogens with zero attached hydrogens (tertiary/aromatic N) is 2. The quantitative estimate of drug-likeness (QED) is 0.297. The second kappa shape index (κ2) is 11.4. The maximum atomic E-state index is 13.2. The predicted octanol–water partition coefficient (Wildman–Crippen LogP) is 4.98. The summed E-state index contributed by atoms with van der Waals surface area (Å²) in [5.41, 5.74) is 1.22. The van der Waals surface area contributed by atoms with Crippen molar-refractivity contribution in [3.8, 4) is 11.5 Å². The Kier molecular flexibility index (Phi) is 8.15. The average Bonchev–Trinajstić information content (AvgIpc) is 3.34. The van der Waals surface area contributed by atoms with Crippen molar-refractivity contribution in [1.29, 1.82) is 0 Å². The number of aromatic nitrogens is 2. The Morgan fingerprint density at radius 3 is 2.30 bits per heavy atom. The fraction of sp³-hybridized carbons (Fsp3) is 0.276. The first-order valence-electron chi connectivity index (χ1n) is 12.5. The van der Waals surface area contributed by atoms with Gasteiger partial charge in [-0.3, -0.25) is 0 Å². The van der Waals surface area contributed by atoms with E-state index in [1.165, 1.54) is 19.5 Å². The largest absolute Gasteiger partial charge is 0.467 e. The molecule has 2 aromatic heterocycles. The van der Waals surface area contributed by atoms with Gasteiger partial charge in [0.2, 0.25) is 0 Å². The van der Waals surface area contributed by atoms with E-state index in [1.54, 1.807) is 81.4 Å². The van der Waals surface area contributed by atoms with Crippen LogP contribution in [0.15, 0.2) is 78.0 Å². The summed E-state index contributed by atoms with van der Waals surface area (Å²) < 4.78 is 43.7. The fourth-order valence-corrected chi connectivity index (χ4v) is 5.24. The van der Waals surface area contributed by atoms with E-state index < -0.39 is 33.7 Å². The number of nitrogens with one attached hydrogen (secondary N) is 1. The van der Waals surface area contributed by atoms with Gasteiger partial charge in [-0.1, -0.05) is 29.8 Å². The van der Waals surface area contributed by atoms with Crippen LogP contribution in [-0.2, 0) is 30.7 Å². The number of hydrogen-bond acceptors (Lipinski definition) is 8. The number of ether oxygens (including phenoxy) is 3. The summed E-state index contributed by atoms with van der Waals surface area (Å²) in [6.45, 7) is 7.07. The summed E-state index contributed by atoms with van der Waals surface area (Å²) >= 11 is 0. The van der Waals surface area contributed by atoms with E-state index in [-0.39, 0.29) is 17.0 Å². The van der Waals surface area contributed by atoms with Crippen LogP contribution in [0, 0.1) is 6.92 Å². The van der Waals surface area contributed by atoms with E-state index in [4.69, 9.17) is 14.2 Å². The number of rotatable bonds is 8. The molecule has 10 nitrogen and oxygen atoms in total. The number of benzene rings is 2. The summed E-state index contributed by atoms with van der Waals surface area (Å²) in [5, 5.41) is 3.07. The molecule has 1 unspecified atom stereocenters. The summed E-state index contributed by atoms with van der Waals surface area (Å²) in [7, 11) is -2.60. The average molecular weight is 566 g/mol. The molecule has 1 atom stereocenters. The third-order valence-electron chi connectivity index (χ3n) is 5.86. The van der Waals surface area contributed by atoms with E-state index in [2.05, 4.69) is 10.3 Å². The van der Waals surface area contributed by atoms with Crippen LogP contribution in [0.25, 0.3) is 11.0 Å². The standard InChI is InChI=1S/C29H31N3O7S/c1-19-6-12-22(13-7-19)40(35,36)32-17-15-23-25(14-16-30-26(23)32)38-21-10-8-20(9-11-21)18-24(27(33)37-5)31-28(34)39-29(2,3)4/h6-17,24H,18H2,1-5H3,(H,31,34). The first-order valence-corrected chi connectivity index (χ1v) is 13.9. The summed E-state index contributed by atoms with van der Waals surface area (Å²) in [6, 6.07) is 15.9. The van der Waals surface area contributed by atoms with Crippen LogP contribution in [0.1, 0.15) is 31.9 Å². The Bertz CT molecular complexity index is 1620. The van der Waals surface area contributed by atoms with Crippen LogP contribution < -0.4 is 10.1 Å². The van der Waals surface area contributed by atoms with E-state index in [1.807, 2.05) is 6.92 Å². The lowest BCUT2D eigenvalue weighted by atomic mass is 10.1. The van der Waals surface area contributed by atoms with E-state index in [0.717, 1.165) is 15.1 Å².